The van der Waals surface area contributed by atoms with Crippen molar-refractivity contribution in [1.29, 1.82) is 0 Å². The van der Waals surface area contributed by atoms with Gasteiger partial charge in [-0.15, -0.1) is 0 Å². The second kappa shape index (κ2) is 6.57. The van der Waals surface area contributed by atoms with Crippen molar-refractivity contribution in [2.75, 3.05) is 12.3 Å². The van der Waals surface area contributed by atoms with Gasteiger partial charge in [-0.2, -0.15) is 0 Å². The summed E-state index contributed by atoms with van der Waals surface area (Å²) in [5.41, 5.74) is 5.05. The van der Waals surface area contributed by atoms with E-state index < -0.39 is 26.8 Å². The van der Waals surface area contributed by atoms with Gasteiger partial charge in [0.15, 0.2) is 5.82 Å². The number of hydrogen-bond acceptors (Lipinski definition) is 4. The zero-order chi connectivity index (χ0) is 15.7. The normalized spacial score (nSPS) is 13.8. The smallest absolute Gasteiger partial charge is 0.243 e. The van der Waals surface area contributed by atoms with Crippen LogP contribution in [0.5, 0.6) is 0 Å². The minimum absolute atomic E-state index is 0.0197. The average Bonchev–Trinajstić information content (AvgIpc) is 2.37. The highest BCUT2D eigenvalue weighted by Gasteiger charge is 2.25. The largest absolute Gasteiger partial charge is 0.395 e. The molecule has 0 fully saturated rings. The first-order valence-corrected chi connectivity index (χ1v) is 8.34. The van der Waals surface area contributed by atoms with Gasteiger partial charge in [0.25, 0.3) is 0 Å². The average molecular weight is 390 g/mol. The van der Waals surface area contributed by atoms with Gasteiger partial charge in [-0.05, 0) is 27.9 Å². The Hall–Kier alpha value is -0.410. The number of anilines is 1. The number of aliphatic hydroxyl groups is 1. The third kappa shape index (κ3) is 3.82. The van der Waals surface area contributed by atoms with Gasteiger partial charge in [-0.1, -0.05) is 25.4 Å². The molecule has 9 heteroatoms. The van der Waals surface area contributed by atoms with Gasteiger partial charge in [-0.25, -0.2) is 17.5 Å². The molecule has 1 aromatic carbocycles. The molecule has 0 spiro atoms. The first-order valence-electron chi connectivity index (χ1n) is 5.68. The van der Waals surface area contributed by atoms with Crippen LogP contribution in [0.15, 0.2) is 15.4 Å². The summed E-state index contributed by atoms with van der Waals surface area (Å²) in [5, 5.41) is 9.56. The van der Waals surface area contributed by atoms with E-state index in [4.69, 9.17) is 17.3 Å². The molecule has 0 aliphatic rings. The Kier molecular flexibility index (Phi) is 5.79. The maximum Gasteiger partial charge on any atom is 0.243 e. The molecule has 1 unspecified atom stereocenters. The van der Waals surface area contributed by atoms with E-state index >= 15 is 0 Å². The molecule has 0 heterocycles. The Balaban J connectivity index is 3.11. The predicted octanol–water partition coefficient (Wildman–Crippen LogP) is 2.12. The van der Waals surface area contributed by atoms with Crippen LogP contribution >= 0.6 is 27.5 Å². The first kappa shape index (κ1) is 17.6. The third-order valence-electron chi connectivity index (χ3n) is 2.70. The number of halogens is 3. The molecule has 0 saturated heterocycles. The minimum Gasteiger partial charge on any atom is -0.395 e. The predicted molar refractivity (Wildman–Crippen MR) is 79.6 cm³/mol. The van der Waals surface area contributed by atoms with Gasteiger partial charge in [0.2, 0.25) is 10.0 Å². The van der Waals surface area contributed by atoms with Crippen LogP contribution in [0, 0.1) is 11.7 Å². The third-order valence-corrected chi connectivity index (χ3v) is 5.50. The number of aliphatic hydroxyl groups excluding tert-OH is 1. The lowest BCUT2D eigenvalue weighted by Crippen LogP contribution is -2.35. The Morgan fingerprint density at radius 2 is 2.10 bits per heavy atom. The molecule has 1 rings (SSSR count). The molecule has 0 aliphatic heterocycles. The lowest BCUT2D eigenvalue weighted by molar-refractivity contribution is 0.129. The van der Waals surface area contributed by atoms with Crippen molar-refractivity contribution in [3.05, 3.63) is 21.4 Å². The number of sulfonamides is 1. The van der Waals surface area contributed by atoms with Crippen molar-refractivity contribution in [3.8, 4) is 0 Å². The summed E-state index contributed by atoms with van der Waals surface area (Å²) in [5.74, 6) is -1.23. The molecule has 0 amide bonds. The fraction of sp³-hybridized carbons (Fsp3) is 0.455. The van der Waals surface area contributed by atoms with Crippen LogP contribution in [0.3, 0.4) is 0 Å². The van der Waals surface area contributed by atoms with E-state index in [9.17, 15) is 17.9 Å². The Bertz CT molecular complexity index is 610. The Morgan fingerprint density at radius 1 is 1.55 bits per heavy atom. The molecule has 5 nitrogen and oxygen atoms in total. The van der Waals surface area contributed by atoms with E-state index in [0.29, 0.717) is 0 Å². The van der Waals surface area contributed by atoms with Crippen LogP contribution in [-0.4, -0.2) is 26.2 Å². The lowest BCUT2D eigenvalue weighted by atomic mass is 10.1. The van der Waals surface area contributed by atoms with Gasteiger partial charge < -0.3 is 10.8 Å². The second-order valence-corrected chi connectivity index (χ2v) is 7.50. The molecule has 0 radical (unpaired) electrons. The van der Waals surface area contributed by atoms with Crippen LogP contribution in [0.2, 0.25) is 5.02 Å². The van der Waals surface area contributed by atoms with Gasteiger partial charge in [-0.3, -0.25) is 0 Å². The molecule has 1 atom stereocenters. The van der Waals surface area contributed by atoms with E-state index in [2.05, 4.69) is 20.7 Å². The summed E-state index contributed by atoms with van der Waals surface area (Å²) in [6.07, 6.45) is -0.879. The van der Waals surface area contributed by atoms with E-state index in [1.165, 1.54) is 0 Å². The summed E-state index contributed by atoms with van der Waals surface area (Å²) in [6.45, 7) is 3.23. The van der Waals surface area contributed by atoms with Crippen molar-refractivity contribution in [1.82, 2.24) is 4.72 Å². The fourth-order valence-corrected chi connectivity index (χ4v) is 3.03. The van der Waals surface area contributed by atoms with Crippen molar-refractivity contribution in [2.45, 2.75) is 24.8 Å². The van der Waals surface area contributed by atoms with Crippen molar-refractivity contribution >= 4 is 43.2 Å². The van der Waals surface area contributed by atoms with Crippen LogP contribution < -0.4 is 10.5 Å². The highest BCUT2D eigenvalue weighted by atomic mass is 79.9. The summed E-state index contributed by atoms with van der Waals surface area (Å²) in [6, 6.07) is 0.960. The number of hydrogen-bond donors (Lipinski definition) is 3. The second-order valence-electron chi connectivity index (χ2n) is 4.56. The van der Waals surface area contributed by atoms with Crippen molar-refractivity contribution in [2.24, 2.45) is 5.92 Å². The zero-order valence-corrected chi connectivity index (χ0v) is 14.0. The summed E-state index contributed by atoms with van der Waals surface area (Å²) >= 11 is 8.74. The highest BCUT2D eigenvalue weighted by molar-refractivity contribution is 9.10. The lowest BCUT2D eigenvalue weighted by Gasteiger charge is -2.16. The maximum atomic E-state index is 13.9. The maximum absolute atomic E-state index is 13.9. The summed E-state index contributed by atoms with van der Waals surface area (Å²) in [4.78, 5) is -0.654. The summed E-state index contributed by atoms with van der Waals surface area (Å²) < 4.78 is 40.2. The van der Waals surface area contributed by atoms with Gasteiger partial charge in [0, 0.05) is 6.54 Å². The Morgan fingerprint density at radius 3 is 2.60 bits per heavy atom. The summed E-state index contributed by atoms with van der Waals surface area (Å²) in [7, 11) is -4.15. The van der Waals surface area contributed by atoms with Crippen LogP contribution in [0.4, 0.5) is 10.1 Å². The number of benzene rings is 1. The van der Waals surface area contributed by atoms with E-state index in [1.54, 1.807) is 13.8 Å². The van der Waals surface area contributed by atoms with Crippen LogP contribution in [0.1, 0.15) is 13.8 Å². The minimum atomic E-state index is -4.15. The van der Waals surface area contributed by atoms with E-state index in [0.717, 1.165) is 6.07 Å². The molecular weight excluding hydrogens is 375 g/mol. The van der Waals surface area contributed by atoms with Gasteiger partial charge >= 0.3 is 0 Å². The molecule has 0 aromatic heterocycles. The number of nitrogens with one attached hydrogen (secondary N) is 1. The molecule has 0 aliphatic carbocycles. The number of nitrogens with two attached hydrogens (primary N) is 1. The number of rotatable bonds is 5. The molecule has 0 bridgehead atoms. The van der Waals surface area contributed by atoms with Crippen LogP contribution in [-0.2, 0) is 10.0 Å². The van der Waals surface area contributed by atoms with Crippen molar-refractivity contribution in [3.63, 3.8) is 0 Å². The Labute approximate surface area is 130 Å². The molecule has 1 aromatic rings. The molecule has 114 valence electrons. The SMILES string of the molecule is CC(C)C(O)CNS(=O)(=O)c1cc(Cl)c(Br)c(N)c1F. The van der Waals surface area contributed by atoms with Gasteiger partial charge in [0.1, 0.15) is 4.90 Å². The quantitative estimate of drug-likeness (QED) is 0.531. The zero-order valence-electron chi connectivity index (χ0n) is 10.8. The first-order chi connectivity index (χ1) is 9.08. The standard InChI is InChI=1S/C11H15BrClFN2O3S/c1-5(2)7(17)4-16-20(18,19)8-3-6(13)9(12)11(15)10(8)14/h3,5,7,16-17H,4,15H2,1-2H3. The molecule has 4 N–H and O–H groups in total. The highest BCUT2D eigenvalue weighted by Crippen LogP contribution is 2.34. The van der Waals surface area contributed by atoms with E-state index in [-0.39, 0.29) is 27.6 Å². The van der Waals surface area contributed by atoms with E-state index in [1.807, 2.05) is 0 Å². The van der Waals surface area contributed by atoms with Gasteiger partial charge in [0.05, 0.1) is 21.3 Å². The molecule has 20 heavy (non-hydrogen) atoms. The monoisotopic (exact) mass is 388 g/mol. The topological polar surface area (TPSA) is 92.4 Å². The molecular formula is C11H15BrClFN2O3S. The van der Waals surface area contributed by atoms with Crippen molar-refractivity contribution < 1.29 is 17.9 Å². The molecule has 0 saturated carbocycles. The number of nitrogen functional groups attached to an aromatic ring is 1. The van der Waals surface area contributed by atoms with Crippen LogP contribution in [0.25, 0.3) is 0 Å². The fourth-order valence-electron chi connectivity index (χ4n) is 1.30.